The number of likely N-dealkylation sites (tertiary alicyclic amines) is 1. The summed E-state index contributed by atoms with van der Waals surface area (Å²) in [5.41, 5.74) is 1.08. The Kier molecular flexibility index (Phi) is 5.69. The zero-order valence-electron chi connectivity index (χ0n) is 10.3. The van der Waals surface area contributed by atoms with Gasteiger partial charge >= 0.3 is 0 Å². The van der Waals surface area contributed by atoms with Crippen LogP contribution in [0.15, 0.2) is 5.16 Å². The van der Waals surface area contributed by atoms with Crippen LogP contribution in [0.5, 0.6) is 0 Å². The lowest BCUT2D eigenvalue weighted by Crippen LogP contribution is -2.32. The first kappa shape index (κ1) is 12.5. The molecule has 88 valence electrons. The molecule has 15 heavy (non-hydrogen) atoms. The molecule has 0 bridgehead atoms. The Labute approximate surface area is 93.5 Å². The van der Waals surface area contributed by atoms with Gasteiger partial charge < -0.3 is 4.84 Å². The summed E-state index contributed by atoms with van der Waals surface area (Å²) < 4.78 is 0. The van der Waals surface area contributed by atoms with E-state index >= 15 is 0 Å². The van der Waals surface area contributed by atoms with Crippen LogP contribution in [0.4, 0.5) is 0 Å². The highest BCUT2D eigenvalue weighted by Crippen LogP contribution is 2.07. The molecule has 0 aromatic heterocycles. The van der Waals surface area contributed by atoms with Crippen LogP contribution in [0.3, 0.4) is 0 Å². The second-order valence-corrected chi connectivity index (χ2v) is 4.62. The fourth-order valence-corrected chi connectivity index (χ4v) is 1.61. The molecule has 1 saturated heterocycles. The minimum absolute atomic E-state index is 0.486. The molecule has 0 aliphatic carbocycles. The molecule has 1 rings (SSSR count). The van der Waals surface area contributed by atoms with Crippen molar-refractivity contribution in [1.82, 2.24) is 4.90 Å². The lowest BCUT2D eigenvalue weighted by molar-refractivity contribution is 0.101. The summed E-state index contributed by atoms with van der Waals surface area (Å²) in [4.78, 5) is 7.77. The van der Waals surface area contributed by atoms with E-state index in [0.29, 0.717) is 5.92 Å². The molecule has 3 nitrogen and oxygen atoms in total. The van der Waals surface area contributed by atoms with Crippen molar-refractivity contribution in [2.45, 2.75) is 40.0 Å². The Hall–Kier alpha value is -0.570. The predicted molar refractivity (Wildman–Crippen MR) is 64.2 cm³/mol. The fraction of sp³-hybridized carbons (Fsp3) is 0.917. The lowest BCUT2D eigenvalue weighted by atomic mass is 10.1. The van der Waals surface area contributed by atoms with Crippen molar-refractivity contribution >= 4 is 5.71 Å². The third kappa shape index (κ3) is 5.17. The first-order valence-corrected chi connectivity index (χ1v) is 6.09. The van der Waals surface area contributed by atoms with Crippen molar-refractivity contribution in [2.75, 3.05) is 26.2 Å². The van der Waals surface area contributed by atoms with E-state index in [0.717, 1.165) is 18.9 Å². The van der Waals surface area contributed by atoms with Crippen molar-refractivity contribution in [3.63, 3.8) is 0 Å². The maximum atomic E-state index is 5.31. The number of oxime groups is 1. The molecule has 1 aliphatic heterocycles. The molecule has 1 heterocycles. The molecule has 3 heteroatoms. The zero-order chi connectivity index (χ0) is 11.1. The van der Waals surface area contributed by atoms with Crippen molar-refractivity contribution in [3.8, 4) is 0 Å². The molecule has 0 unspecified atom stereocenters. The number of rotatable bonds is 5. The molecule has 0 saturated carbocycles. The summed E-state index contributed by atoms with van der Waals surface area (Å²) in [7, 11) is 0. The van der Waals surface area contributed by atoms with Gasteiger partial charge in [-0.3, -0.25) is 4.90 Å². The van der Waals surface area contributed by atoms with Crippen molar-refractivity contribution < 1.29 is 4.84 Å². The first-order valence-electron chi connectivity index (χ1n) is 6.09. The van der Waals surface area contributed by atoms with E-state index in [1.165, 1.54) is 32.4 Å². The Morgan fingerprint density at radius 2 is 1.93 bits per heavy atom. The SMILES string of the molecule is C/C(=N\OCCN1CCCCC1)C(C)C. The topological polar surface area (TPSA) is 24.8 Å². The van der Waals surface area contributed by atoms with Crippen molar-refractivity contribution in [3.05, 3.63) is 0 Å². The molecule has 0 amide bonds. The highest BCUT2D eigenvalue weighted by Gasteiger charge is 2.09. The maximum absolute atomic E-state index is 5.31. The van der Waals surface area contributed by atoms with Gasteiger partial charge in [0.15, 0.2) is 0 Å². The molecular formula is C12H24N2O. The van der Waals surface area contributed by atoms with E-state index in [4.69, 9.17) is 4.84 Å². The highest BCUT2D eigenvalue weighted by molar-refractivity contribution is 5.83. The minimum Gasteiger partial charge on any atom is -0.394 e. The minimum atomic E-state index is 0.486. The zero-order valence-corrected chi connectivity index (χ0v) is 10.3. The largest absolute Gasteiger partial charge is 0.394 e. The van der Waals surface area contributed by atoms with Gasteiger partial charge in [0.2, 0.25) is 0 Å². The Balaban J connectivity index is 2.07. The molecule has 0 aromatic rings. The van der Waals surface area contributed by atoms with Gasteiger partial charge in [-0.1, -0.05) is 25.4 Å². The molecule has 1 aliphatic rings. The van der Waals surface area contributed by atoms with Gasteiger partial charge in [0.1, 0.15) is 6.61 Å². The maximum Gasteiger partial charge on any atom is 0.129 e. The highest BCUT2D eigenvalue weighted by atomic mass is 16.6. The van der Waals surface area contributed by atoms with Crippen LogP contribution in [0.2, 0.25) is 0 Å². The van der Waals surface area contributed by atoms with Crippen LogP contribution in [-0.4, -0.2) is 36.9 Å². The van der Waals surface area contributed by atoms with Crippen LogP contribution in [0.1, 0.15) is 40.0 Å². The smallest absolute Gasteiger partial charge is 0.129 e. The van der Waals surface area contributed by atoms with E-state index in [1.54, 1.807) is 0 Å². The molecule has 0 radical (unpaired) electrons. The van der Waals surface area contributed by atoms with Crippen molar-refractivity contribution in [2.24, 2.45) is 11.1 Å². The monoisotopic (exact) mass is 212 g/mol. The Bertz CT molecular complexity index is 196. The quantitative estimate of drug-likeness (QED) is 0.397. The summed E-state index contributed by atoms with van der Waals surface area (Å²) in [6.07, 6.45) is 4.07. The van der Waals surface area contributed by atoms with Gasteiger partial charge in [0, 0.05) is 6.54 Å². The van der Waals surface area contributed by atoms with Gasteiger partial charge in [0.25, 0.3) is 0 Å². The summed E-state index contributed by atoms with van der Waals surface area (Å²) >= 11 is 0. The number of hydrogen-bond acceptors (Lipinski definition) is 3. The van der Waals surface area contributed by atoms with E-state index < -0.39 is 0 Å². The number of hydrogen-bond donors (Lipinski definition) is 0. The number of nitrogens with zero attached hydrogens (tertiary/aromatic N) is 2. The molecular weight excluding hydrogens is 188 g/mol. The van der Waals surface area contributed by atoms with E-state index in [9.17, 15) is 0 Å². The second kappa shape index (κ2) is 6.83. The van der Waals surface area contributed by atoms with Gasteiger partial charge in [0.05, 0.1) is 5.71 Å². The van der Waals surface area contributed by atoms with Crippen LogP contribution in [-0.2, 0) is 4.84 Å². The van der Waals surface area contributed by atoms with Crippen molar-refractivity contribution in [1.29, 1.82) is 0 Å². The van der Waals surface area contributed by atoms with Crippen LogP contribution in [0.25, 0.3) is 0 Å². The van der Waals surface area contributed by atoms with Gasteiger partial charge in [-0.2, -0.15) is 0 Å². The summed E-state index contributed by atoms with van der Waals surface area (Å²) in [6, 6.07) is 0. The van der Waals surface area contributed by atoms with Gasteiger partial charge in [-0.05, 0) is 38.8 Å². The molecule has 0 aromatic carbocycles. The van der Waals surface area contributed by atoms with E-state index in [2.05, 4.69) is 23.9 Å². The van der Waals surface area contributed by atoms with Crippen LogP contribution >= 0.6 is 0 Å². The van der Waals surface area contributed by atoms with Gasteiger partial charge in [-0.15, -0.1) is 0 Å². The normalized spacial score (nSPS) is 19.6. The summed E-state index contributed by atoms with van der Waals surface area (Å²) in [5, 5.41) is 4.10. The average molecular weight is 212 g/mol. The first-order chi connectivity index (χ1) is 7.20. The van der Waals surface area contributed by atoms with Crippen LogP contribution < -0.4 is 0 Å². The fourth-order valence-electron chi connectivity index (χ4n) is 1.61. The molecule has 0 N–H and O–H groups in total. The Morgan fingerprint density at radius 1 is 1.27 bits per heavy atom. The van der Waals surface area contributed by atoms with Gasteiger partial charge in [-0.25, -0.2) is 0 Å². The molecule has 1 fully saturated rings. The summed E-state index contributed by atoms with van der Waals surface area (Å²) in [5.74, 6) is 0.486. The third-order valence-corrected chi connectivity index (χ3v) is 2.99. The lowest BCUT2D eigenvalue weighted by Gasteiger charge is -2.25. The summed E-state index contributed by atoms with van der Waals surface area (Å²) in [6.45, 7) is 10.5. The van der Waals surface area contributed by atoms with Crippen LogP contribution in [0, 0.1) is 5.92 Å². The Morgan fingerprint density at radius 3 is 2.53 bits per heavy atom. The van der Waals surface area contributed by atoms with E-state index in [-0.39, 0.29) is 0 Å². The number of piperidine rings is 1. The second-order valence-electron chi connectivity index (χ2n) is 4.62. The average Bonchev–Trinajstić information content (AvgIpc) is 2.25. The predicted octanol–water partition coefficient (Wildman–Crippen LogP) is 2.52. The standard InChI is InChI=1S/C12H24N2O/c1-11(2)12(3)13-15-10-9-14-7-5-4-6-8-14/h11H,4-10H2,1-3H3/b13-12+. The third-order valence-electron chi connectivity index (χ3n) is 2.99. The molecule has 0 atom stereocenters. The molecule has 0 spiro atoms. The van der Waals surface area contributed by atoms with E-state index in [1.807, 2.05) is 6.92 Å².